The van der Waals surface area contributed by atoms with E-state index in [9.17, 15) is 75.1 Å². The maximum atomic E-state index is 14.4. The summed E-state index contributed by atoms with van der Waals surface area (Å²) in [5.41, 5.74) is 16.4. The number of hydrogen-bond acceptors (Lipinski definition) is 22. The Kier molecular flexibility index (Phi) is 31.9. The Bertz CT molecular complexity index is 7370. The third kappa shape index (κ3) is 24.3. The van der Waals surface area contributed by atoms with Gasteiger partial charge in [0.05, 0.1) is 31.7 Å². The molecule has 6 N–H and O–H groups in total. The number of rotatable bonds is 24. The third-order valence-electron chi connectivity index (χ3n) is 25.4. The van der Waals surface area contributed by atoms with Crippen LogP contribution in [0.2, 0.25) is 10.3 Å². The van der Waals surface area contributed by atoms with E-state index in [4.69, 9.17) is 28.9 Å². The van der Waals surface area contributed by atoms with E-state index in [0.717, 1.165) is 44.5 Å². The molecule has 0 unspecified atom stereocenters. The second-order valence-electron chi connectivity index (χ2n) is 35.6. The first-order chi connectivity index (χ1) is 71.6. The molecule has 149 heavy (non-hydrogen) atoms. The second kappa shape index (κ2) is 45.7. The molecule has 35 nitrogen and oxygen atoms in total. The van der Waals surface area contributed by atoms with E-state index in [1.54, 1.807) is 180 Å². The number of pyridine rings is 7. The lowest BCUT2D eigenvalue weighted by atomic mass is 10.0. The fourth-order valence-corrected chi connectivity index (χ4v) is 19.4. The number of likely N-dealkylation sites (tertiary alicyclic amines) is 4. The maximum absolute atomic E-state index is 14.4. The van der Waals surface area contributed by atoms with Crippen LogP contribution in [0.4, 0.5) is 40.8 Å². The molecule has 4 aliphatic heterocycles. The van der Waals surface area contributed by atoms with Gasteiger partial charge in [0.1, 0.15) is 124 Å². The van der Waals surface area contributed by atoms with Gasteiger partial charge in [-0.15, -0.1) is 0 Å². The number of ketones is 3. The van der Waals surface area contributed by atoms with Crippen LogP contribution in [0.1, 0.15) is 93.8 Å². The van der Waals surface area contributed by atoms with E-state index in [1.807, 2.05) is 91.0 Å². The number of anilines is 4. The van der Waals surface area contributed by atoms with Gasteiger partial charge in [0, 0.05) is 171 Å². The Labute approximate surface area is 873 Å². The van der Waals surface area contributed by atoms with E-state index in [2.05, 4.69) is 103 Å². The Hall–Kier alpha value is -16.4. The number of Topliss-reactive ketones (excluding diaryl/α,β-unsaturated/α-hetero) is 3. The summed E-state index contributed by atoms with van der Waals surface area (Å²) in [6, 6.07) is 48.9. The summed E-state index contributed by atoms with van der Waals surface area (Å²) >= 11 is 18.2. The molecule has 0 bridgehead atoms. The molecule has 12 aromatic heterocycles. The van der Waals surface area contributed by atoms with Crippen molar-refractivity contribution >= 4 is 192 Å². The molecule has 4 aromatic carbocycles. The van der Waals surface area contributed by atoms with Gasteiger partial charge in [0.2, 0.25) is 47.3 Å². The number of carbonyl (C=O) groups excluding carboxylic acids is 12. The number of aryl methyl sites for hydroxylation is 1. The minimum Gasteiger partial charge on any atom is -0.364 e. The van der Waals surface area contributed by atoms with E-state index in [1.165, 1.54) is 45.1 Å². The zero-order valence-electron chi connectivity index (χ0n) is 79.8. The van der Waals surface area contributed by atoms with Crippen molar-refractivity contribution in [1.29, 1.82) is 0 Å². The largest absolute Gasteiger partial charge is 0.364 e. The molecule has 0 saturated carbocycles. The first-order valence-corrected chi connectivity index (χ1v) is 49.1. The molecule has 758 valence electrons. The molecule has 16 aromatic rings. The van der Waals surface area contributed by atoms with Gasteiger partial charge >= 0.3 is 0 Å². The highest BCUT2D eigenvalue weighted by Gasteiger charge is 2.45. The number of alkyl halides is 4. The summed E-state index contributed by atoms with van der Waals surface area (Å²) in [6.45, 7) is 4.66. The number of benzene rings is 4. The van der Waals surface area contributed by atoms with Crippen LogP contribution < -0.4 is 27.0 Å². The number of carbonyl (C=O) groups is 12. The van der Waals surface area contributed by atoms with Crippen molar-refractivity contribution in [2.75, 3.05) is 47.4 Å². The number of nitrogens with one attached hydrogen (secondary N) is 4. The van der Waals surface area contributed by atoms with Crippen molar-refractivity contribution in [2.24, 2.45) is 5.73 Å². The van der Waals surface area contributed by atoms with Crippen molar-refractivity contribution in [3.05, 3.63) is 298 Å². The molecule has 0 spiro atoms. The Morgan fingerprint density at radius 1 is 0.362 bits per heavy atom. The highest BCUT2D eigenvalue weighted by atomic mass is 79.9. The van der Waals surface area contributed by atoms with E-state index in [0.29, 0.717) is 87.0 Å². The fourth-order valence-electron chi connectivity index (χ4n) is 18.4. The minimum absolute atomic E-state index is 0.000320. The van der Waals surface area contributed by atoms with Gasteiger partial charge < -0.3 is 60.3 Å². The number of fused-ring (bicyclic) bond motifs is 4. The average Bonchev–Trinajstić information content (AvgIpc) is 1.63. The number of nitrogens with zero attached hydrogens (tertiary/aromatic N) is 18. The molecular weight excluding hydrogens is 2090 g/mol. The van der Waals surface area contributed by atoms with Crippen molar-refractivity contribution in [1.82, 2.24) is 87.9 Å². The number of primary amides is 1. The Morgan fingerprint density at radius 3 is 0.966 bits per heavy atom. The smallest absolute Gasteiger partial charge is 0.269 e. The van der Waals surface area contributed by atoms with Gasteiger partial charge in [-0.25, -0.2) is 47.5 Å². The van der Waals surface area contributed by atoms with Gasteiger partial charge in [0.15, 0.2) is 23.0 Å². The molecule has 20 rings (SSSR count). The van der Waals surface area contributed by atoms with Crippen molar-refractivity contribution < 1.29 is 75.1 Å². The lowest BCUT2D eigenvalue weighted by Gasteiger charge is -2.24. The Morgan fingerprint density at radius 2 is 0.664 bits per heavy atom. The summed E-state index contributed by atoms with van der Waals surface area (Å²) < 4.78 is 65.0. The minimum atomic E-state index is -1.37. The molecule has 8 atom stereocenters. The second-order valence-corrected chi connectivity index (χ2v) is 38.0. The number of nitrogens with two attached hydrogens (primary N) is 1. The van der Waals surface area contributed by atoms with Gasteiger partial charge in [-0.3, -0.25) is 77.2 Å². The van der Waals surface area contributed by atoms with Crippen molar-refractivity contribution in [3.63, 3.8) is 0 Å². The van der Waals surface area contributed by atoms with Crippen LogP contribution in [0.3, 0.4) is 0 Å². The zero-order chi connectivity index (χ0) is 105. The summed E-state index contributed by atoms with van der Waals surface area (Å²) in [7, 11) is 0. The Balaban J connectivity index is 0.000000135. The molecular formula is C106H91Br2Cl2F4N23O12. The molecule has 4 aliphatic rings. The monoisotopic (exact) mass is 2180 g/mol. The summed E-state index contributed by atoms with van der Waals surface area (Å²) in [5, 5.41) is 17.7. The quantitative estimate of drug-likeness (QED) is 0.0213. The first kappa shape index (κ1) is 104. The van der Waals surface area contributed by atoms with Crippen LogP contribution in [-0.2, 0) is 64.5 Å². The SMILES string of the molecule is CC(=O)c1cn(CC(=O)N2C[C@H](F)C[C@H]2C(=O)Nc2cccc(Br)n2)c2ccc(-c3cccnc3)cc12.CC(=O)c1cn(CC(=O)N2C[C@H](F)C[C@H]2C(=O)Nc2cccc(Br)n2)c2ccc(-c3cnc(C)nc3)cc12.CC(=O)c1cn(CC(=O)N2C[C@H](F)C[C@H]2C(=O)Nc2cccc(Cl)n2)c2ccc(-c3cccnc3)cc12.NC(=O)c1nn(CC(=O)N2C[C@H](F)C[C@H]2C(=O)Nc2cccc(Cl)n2)c2ccc(-c3cccnc3)cc12. The van der Waals surface area contributed by atoms with Crippen molar-refractivity contribution in [3.8, 4) is 44.5 Å². The number of halogens is 8. The van der Waals surface area contributed by atoms with Crippen LogP contribution in [0.5, 0.6) is 0 Å². The van der Waals surface area contributed by atoms with Gasteiger partial charge in [-0.2, -0.15) is 5.10 Å². The first-order valence-electron chi connectivity index (χ1n) is 46.8. The van der Waals surface area contributed by atoms with Crippen LogP contribution in [0, 0.1) is 6.92 Å². The highest BCUT2D eigenvalue weighted by Crippen LogP contribution is 2.37. The lowest BCUT2D eigenvalue weighted by Crippen LogP contribution is -2.44. The van der Waals surface area contributed by atoms with Crippen LogP contribution in [0.25, 0.3) is 88.1 Å². The normalized spacial score (nSPS) is 17.2. The van der Waals surface area contributed by atoms with Gasteiger partial charge in [-0.1, -0.05) is 89.9 Å². The molecule has 16 heterocycles. The highest BCUT2D eigenvalue weighted by molar-refractivity contribution is 9.10. The van der Waals surface area contributed by atoms with Crippen LogP contribution in [0.15, 0.2) is 259 Å². The van der Waals surface area contributed by atoms with Gasteiger partial charge in [0.25, 0.3) is 5.91 Å². The molecule has 9 amide bonds. The fraction of sp³-hybridized carbons (Fsp3) is 0.226. The van der Waals surface area contributed by atoms with E-state index in [-0.39, 0.29) is 123 Å². The number of amides is 9. The van der Waals surface area contributed by atoms with E-state index >= 15 is 0 Å². The van der Waals surface area contributed by atoms with Gasteiger partial charge in [-0.05, 0) is 197 Å². The van der Waals surface area contributed by atoms with E-state index < -0.39 is 102 Å². The third-order valence-corrected chi connectivity index (χ3v) is 26.7. The summed E-state index contributed by atoms with van der Waals surface area (Å²) in [4.78, 5) is 196. The molecule has 0 radical (unpaired) electrons. The molecule has 4 saturated heterocycles. The number of hydrogen-bond donors (Lipinski definition) is 5. The topological polar surface area (TPSA) is 441 Å². The molecule has 43 heteroatoms. The summed E-state index contributed by atoms with van der Waals surface area (Å²) in [5.74, 6) is -3.41. The summed E-state index contributed by atoms with van der Waals surface area (Å²) in [6.07, 6.45) is 12.7. The van der Waals surface area contributed by atoms with Crippen molar-refractivity contribution in [2.45, 2.75) is 128 Å². The predicted octanol–water partition coefficient (Wildman–Crippen LogP) is 16.3. The van der Waals surface area contributed by atoms with Crippen LogP contribution >= 0.6 is 55.1 Å². The average molecular weight is 2190 g/mol. The zero-order valence-corrected chi connectivity index (χ0v) is 84.5. The van der Waals surface area contributed by atoms with Crippen LogP contribution in [-0.4, -0.2) is 233 Å². The maximum Gasteiger partial charge on any atom is 0.269 e. The lowest BCUT2D eigenvalue weighted by molar-refractivity contribution is -0.137. The molecule has 4 fully saturated rings. The predicted molar refractivity (Wildman–Crippen MR) is 556 cm³/mol. The number of aromatic nitrogens is 14. The standard InChI is InChI=1S/C27H24BrFN6O3.C27H23BrFN5O3.C27H23ClFN5O3.C25H21ClFN7O3/c1-15(36)21-13-34(22-7-6-17(8-20(21)22)18-10-30-16(2)31-11-18)14-26(37)35-12-19(29)9-23(35)27(38)33-25-5-3-4-24(28)32-25;2*1-16(35)21-14-33(22-8-7-17(10-20(21)22)18-4-3-9-30-12-18)15-26(36)34-13-19(29)11-23(34)27(37)32-25-6-2-5-24(28)31-25;26-20-4-1-5-21(30-20)31-25(37)19-10-16(27)12-33(19)22(35)13-34-18-7-6-14(15-3-2-8-29-11-15)9-17(18)23(32-34)24(28)36/h3-8,10-11,13,19,23H,9,12,14H2,1-2H3,(H,32,33,38);2*2-10,12,14,19,23H,11,13,15H2,1H3,(H,31,32,37);1-9,11,16,19H,10,12-13H2,(H2,28,36)(H,30,31,37)/t3*19-,23+;16-,19+/m1111/s1. The molecule has 0 aliphatic carbocycles.